The van der Waals surface area contributed by atoms with Gasteiger partial charge in [0, 0.05) is 18.1 Å². The van der Waals surface area contributed by atoms with Crippen molar-refractivity contribution in [1.29, 1.82) is 0 Å². The van der Waals surface area contributed by atoms with Gasteiger partial charge in [0.05, 0.1) is 5.56 Å². The van der Waals surface area contributed by atoms with Crippen LogP contribution in [0.1, 0.15) is 11.1 Å². The molecule has 0 aliphatic heterocycles. The number of fused-ring (bicyclic) bond motifs is 1. The van der Waals surface area contributed by atoms with Crippen molar-refractivity contribution in [2.45, 2.75) is 6.92 Å². The standard InChI is InChI=1S/C15H13FO4/c1-9-13(20-8-19-2)7-10-3-4-12(16)11(5-6-17)14(10)15(9)18/h3-4,7,17-18H,8H2,1-2H3. The molecule has 104 valence electrons. The highest BCUT2D eigenvalue weighted by Crippen LogP contribution is 2.38. The Morgan fingerprint density at radius 1 is 1.35 bits per heavy atom. The molecule has 0 unspecified atom stereocenters. The SMILES string of the molecule is COCOc1cc2ccc(F)c(C#CO)c2c(O)c1C. The predicted molar refractivity (Wildman–Crippen MR) is 71.6 cm³/mol. The molecular formula is C15H13FO4. The molecule has 0 heterocycles. The Morgan fingerprint density at radius 2 is 2.10 bits per heavy atom. The smallest absolute Gasteiger partial charge is 0.188 e. The molecule has 0 aliphatic carbocycles. The lowest BCUT2D eigenvalue weighted by Gasteiger charge is -2.13. The lowest BCUT2D eigenvalue weighted by atomic mass is 10.00. The second-order valence-corrected chi connectivity index (χ2v) is 4.16. The van der Waals surface area contributed by atoms with Gasteiger partial charge in [-0.3, -0.25) is 0 Å². The molecule has 2 N–H and O–H groups in total. The van der Waals surface area contributed by atoms with Gasteiger partial charge in [0.1, 0.15) is 23.4 Å². The van der Waals surface area contributed by atoms with Gasteiger partial charge in [0.25, 0.3) is 0 Å². The molecule has 0 saturated heterocycles. The van der Waals surface area contributed by atoms with Crippen molar-refractivity contribution >= 4 is 10.8 Å². The average molecular weight is 276 g/mol. The van der Waals surface area contributed by atoms with Gasteiger partial charge in [0.2, 0.25) is 0 Å². The van der Waals surface area contributed by atoms with Crippen LogP contribution in [0.3, 0.4) is 0 Å². The number of aromatic hydroxyl groups is 1. The van der Waals surface area contributed by atoms with Crippen LogP contribution in [-0.4, -0.2) is 24.1 Å². The van der Waals surface area contributed by atoms with E-state index in [-0.39, 0.29) is 23.5 Å². The van der Waals surface area contributed by atoms with E-state index in [1.165, 1.54) is 19.2 Å². The number of methoxy groups -OCH3 is 1. The molecule has 0 bridgehead atoms. The zero-order valence-corrected chi connectivity index (χ0v) is 11.0. The third-order valence-corrected chi connectivity index (χ3v) is 2.95. The quantitative estimate of drug-likeness (QED) is 0.668. The van der Waals surface area contributed by atoms with Crippen LogP contribution >= 0.6 is 0 Å². The number of halogens is 1. The molecule has 20 heavy (non-hydrogen) atoms. The number of hydrogen-bond acceptors (Lipinski definition) is 4. The lowest BCUT2D eigenvalue weighted by Crippen LogP contribution is -2.01. The number of aliphatic hydroxyl groups is 1. The van der Waals surface area contributed by atoms with Gasteiger partial charge in [-0.05, 0) is 30.4 Å². The average Bonchev–Trinajstić information content (AvgIpc) is 2.44. The van der Waals surface area contributed by atoms with Crippen LogP contribution in [0, 0.1) is 24.8 Å². The van der Waals surface area contributed by atoms with Gasteiger partial charge in [-0.1, -0.05) is 6.07 Å². The monoisotopic (exact) mass is 276 g/mol. The van der Waals surface area contributed by atoms with E-state index >= 15 is 0 Å². The number of phenols is 1. The van der Waals surface area contributed by atoms with Gasteiger partial charge < -0.3 is 19.7 Å². The zero-order chi connectivity index (χ0) is 14.7. The molecular weight excluding hydrogens is 263 g/mol. The Labute approximate surface area is 115 Å². The highest BCUT2D eigenvalue weighted by atomic mass is 19.1. The molecule has 5 heteroatoms. The molecule has 0 aliphatic rings. The highest BCUT2D eigenvalue weighted by Gasteiger charge is 2.15. The summed E-state index contributed by atoms with van der Waals surface area (Å²) in [6, 6.07) is 4.38. The molecule has 2 rings (SSSR count). The fourth-order valence-electron chi connectivity index (χ4n) is 1.97. The molecule has 0 atom stereocenters. The van der Waals surface area contributed by atoms with E-state index in [0.717, 1.165) is 0 Å². The van der Waals surface area contributed by atoms with Crippen LogP contribution in [0.15, 0.2) is 18.2 Å². The van der Waals surface area contributed by atoms with Crippen LogP contribution in [0.5, 0.6) is 11.5 Å². The summed E-state index contributed by atoms with van der Waals surface area (Å²) in [4.78, 5) is 0. The van der Waals surface area contributed by atoms with E-state index in [1.807, 2.05) is 0 Å². The molecule has 0 aromatic heterocycles. The Morgan fingerprint density at radius 3 is 2.75 bits per heavy atom. The van der Waals surface area contributed by atoms with E-state index < -0.39 is 5.82 Å². The largest absolute Gasteiger partial charge is 0.507 e. The molecule has 0 saturated carbocycles. The zero-order valence-electron chi connectivity index (χ0n) is 11.0. The summed E-state index contributed by atoms with van der Waals surface area (Å²) in [5.41, 5.74) is 0.394. The topological polar surface area (TPSA) is 58.9 Å². The van der Waals surface area contributed by atoms with Gasteiger partial charge in [-0.15, -0.1) is 0 Å². The number of aliphatic hydroxyl groups excluding tert-OH is 1. The molecule has 2 aromatic carbocycles. The van der Waals surface area contributed by atoms with Crippen LogP contribution in [0.25, 0.3) is 10.8 Å². The number of benzene rings is 2. The minimum atomic E-state index is -0.612. The molecule has 4 nitrogen and oxygen atoms in total. The van der Waals surface area contributed by atoms with E-state index in [1.54, 1.807) is 19.1 Å². The minimum Gasteiger partial charge on any atom is -0.507 e. The fourth-order valence-corrected chi connectivity index (χ4v) is 1.97. The molecule has 0 fully saturated rings. The number of rotatable bonds is 3. The van der Waals surface area contributed by atoms with Crippen LogP contribution < -0.4 is 4.74 Å². The number of ether oxygens (including phenoxy) is 2. The maximum atomic E-state index is 13.7. The van der Waals surface area contributed by atoms with Gasteiger partial charge in [-0.25, -0.2) is 4.39 Å². The van der Waals surface area contributed by atoms with Crippen molar-refractivity contribution in [2.24, 2.45) is 0 Å². The molecule has 0 spiro atoms. The number of phenolic OH excluding ortho intramolecular Hbond substituents is 1. The van der Waals surface area contributed by atoms with E-state index in [9.17, 15) is 9.50 Å². The third kappa shape index (κ3) is 2.33. The Balaban J connectivity index is 2.74. The van der Waals surface area contributed by atoms with E-state index in [2.05, 4.69) is 5.92 Å². The molecule has 2 aromatic rings. The summed E-state index contributed by atoms with van der Waals surface area (Å²) in [6.45, 7) is 1.68. The lowest BCUT2D eigenvalue weighted by molar-refractivity contribution is 0.0506. The van der Waals surface area contributed by atoms with Gasteiger partial charge in [0.15, 0.2) is 6.79 Å². The van der Waals surface area contributed by atoms with Crippen molar-refractivity contribution < 1.29 is 24.1 Å². The first-order valence-corrected chi connectivity index (χ1v) is 5.81. The van der Waals surface area contributed by atoms with E-state index in [4.69, 9.17) is 14.6 Å². The second kappa shape index (κ2) is 5.68. The summed E-state index contributed by atoms with van der Waals surface area (Å²) in [7, 11) is 1.49. The van der Waals surface area contributed by atoms with Crippen molar-refractivity contribution in [1.82, 2.24) is 0 Å². The van der Waals surface area contributed by atoms with Crippen molar-refractivity contribution in [3.8, 4) is 23.5 Å². The van der Waals surface area contributed by atoms with Gasteiger partial charge >= 0.3 is 0 Å². The van der Waals surface area contributed by atoms with Crippen molar-refractivity contribution in [3.05, 3.63) is 35.1 Å². The molecule has 0 radical (unpaired) electrons. The maximum Gasteiger partial charge on any atom is 0.188 e. The normalized spacial score (nSPS) is 10.2. The number of hydrogen-bond donors (Lipinski definition) is 2. The Hall–Kier alpha value is -2.45. The van der Waals surface area contributed by atoms with Gasteiger partial charge in [-0.2, -0.15) is 0 Å². The van der Waals surface area contributed by atoms with Crippen molar-refractivity contribution in [2.75, 3.05) is 13.9 Å². The fraction of sp³-hybridized carbons (Fsp3) is 0.200. The summed E-state index contributed by atoms with van der Waals surface area (Å²) in [5, 5.41) is 19.7. The summed E-state index contributed by atoms with van der Waals surface area (Å²) in [6.07, 6.45) is 1.66. The summed E-state index contributed by atoms with van der Waals surface area (Å²) < 4.78 is 23.9. The van der Waals surface area contributed by atoms with E-state index in [0.29, 0.717) is 16.7 Å². The Bertz CT molecular complexity index is 713. The van der Waals surface area contributed by atoms with Crippen LogP contribution in [0.2, 0.25) is 0 Å². The minimum absolute atomic E-state index is 0.0380. The third-order valence-electron chi connectivity index (χ3n) is 2.95. The van der Waals surface area contributed by atoms with Crippen molar-refractivity contribution in [3.63, 3.8) is 0 Å². The maximum absolute atomic E-state index is 13.7. The summed E-state index contributed by atoms with van der Waals surface area (Å²) >= 11 is 0. The Kier molecular flexibility index (Phi) is 3.97. The predicted octanol–water partition coefficient (Wildman–Crippen LogP) is 2.66. The first-order chi connectivity index (χ1) is 9.60. The second-order valence-electron chi connectivity index (χ2n) is 4.16. The van der Waals surface area contributed by atoms with Crippen LogP contribution in [0.4, 0.5) is 4.39 Å². The summed E-state index contributed by atoms with van der Waals surface area (Å²) in [5.74, 6) is 1.95. The first-order valence-electron chi connectivity index (χ1n) is 5.81. The van der Waals surface area contributed by atoms with Crippen LogP contribution in [-0.2, 0) is 4.74 Å². The first kappa shape index (κ1) is 14.0. The highest BCUT2D eigenvalue weighted by molar-refractivity contribution is 5.95. The molecule has 0 amide bonds.